The number of carboxylic acids is 1. The van der Waals surface area contributed by atoms with Crippen LogP contribution in [0.25, 0.3) is 0 Å². The van der Waals surface area contributed by atoms with Crippen molar-refractivity contribution in [2.75, 3.05) is 36.0 Å². The maximum absolute atomic E-state index is 11.1. The lowest BCUT2D eigenvalue weighted by Crippen LogP contribution is -2.31. The minimum absolute atomic E-state index is 0.0769. The zero-order valence-corrected chi connectivity index (χ0v) is 13.0. The Kier molecular flexibility index (Phi) is 4.36. The second kappa shape index (κ2) is 6.60. The Hall–Kier alpha value is -2.70. The standard InChI is InChI=1S/C16H19N5O2/c1-12-6-7-15(19-18-12)21-9-3-8-20(10-11-21)14-5-2-4-13(17-14)16(22)23/h2,4-7H,3,8-11H2,1H3,(H,22,23). The molecule has 3 heterocycles. The van der Waals surface area contributed by atoms with Gasteiger partial charge in [-0.3, -0.25) is 0 Å². The predicted molar refractivity (Wildman–Crippen MR) is 87.0 cm³/mol. The van der Waals surface area contributed by atoms with Gasteiger partial charge in [0.05, 0.1) is 5.69 Å². The van der Waals surface area contributed by atoms with Crippen LogP contribution in [-0.4, -0.2) is 52.4 Å². The molecule has 1 aliphatic heterocycles. The molecule has 0 spiro atoms. The van der Waals surface area contributed by atoms with E-state index in [1.165, 1.54) is 6.07 Å². The summed E-state index contributed by atoms with van der Waals surface area (Å²) in [6.45, 7) is 5.23. The molecule has 0 aliphatic carbocycles. The molecule has 7 heteroatoms. The molecule has 2 aromatic rings. The summed E-state index contributed by atoms with van der Waals surface area (Å²) in [5.74, 6) is 0.588. The molecule has 3 rings (SSSR count). The lowest BCUT2D eigenvalue weighted by atomic mass is 10.3. The molecule has 1 fully saturated rings. The summed E-state index contributed by atoms with van der Waals surface area (Å²) < 4.78 is 0. The average Bonchev–Trinajstić information content (AvgIpc) is 2.82. The number of rotatable bonds is 3. The number of anilines is 2. The Labute approximate surface area is 134 Å². The molecule has 2 aromatic heterocycles. The highest BCUT2D eigenvalue weighted by atomic mass is 16.4. The molecule has 1 N–H and O–H groups in total. The molecular formula is C16H19N5O2. The van der Waals surface area contributed by atoms with Gasteiger partial charge in [0.1, 0.15) is 5.82 Å². The predicted octanol–water partition coefficient (Wildman–Crippen LogP) is 1.59. The summed E-state index contributed by atoms with van der Waals surface area (Å²) in [6, 6.07) is 9.05. The van der Waals surface area contributed by atoms with Crippen LogP contribution < -0.4 is 9.80 Å². The summed E-state index contributed by atoms with van der Waals surface area (Å²) >= 11 is 0. The highest BCUT2D eigenvalue weighted by Crippen LogP contribution is 2.17. The maximum Gasteiger partial charge on any atom is 0.354 e. The van der Waals surface area contributed by atoms with Crippen LogP contribution in [0.4, 0.5) is 11.6 Å². The molecule has 0 aromatic carbocycles. The van der Waals surface area contributed by atoms with Gasteiger partial charge < -0.3 is 14.9 Å². The summed E-state index contributed by atoms with van der Waals surface area (Å²) in [4.78, 5) is 19.6. The van der Waals surface area contributed by atoms with E-state index in [1.54, 1.807) is 6.07 Å². The first-order valence-corrected chi connectivity index (χ1v) is 7.64. The van der Waals surface area contributed by atoms with E-state index in [2.05, 4.69) is 25.0 Å². The second-order valence-electron chi connectivity index (χ2n) is 5.55. The van der Waals surface area contributed by atoms with Crippen LogP contribution in [0, 0.1) is 6.92 Å². The summed E-state index contributed by atoms with van der Waals surface area (Å²) in [5, 5.41) is 17.4. The third-order valence-electron chi connectivity index (χ3n) is 3.88. The van der Waals surface area contributed by atoms with Gasteiger partial charge in [-0.1, -0.05) is 6.07 Å². The van der Waals surface area contributed by atoms with Crippen LogP contribution in [-0.2, 0) is 0 Å². The molecule has 0 bridgehead atoms. The van der Waals surface area contributed by atoms with Crippen molar-refractivity contribution >= 4 is 17.6 Å². The number of hydrogen-bond acceptors (Lipinski definition) is 6. The molecule has 0 amide bonds. The van der Waals surface area contributed by atoms with E-state index < -0.39 is 5.97 Å². The number of aromatic nitrogens is 3. The van der Waals surface area contributed by atoms with Crippen molar-refractivity contribution in [3.05, 3.63) is 41.7 Å². The first-order chi connectivity index (χ1) is 11.1. The van der Waals surface area contributed by atoms with E-state index in [-0.39, 0.29) is 5.69 Å². The zero-order valence-electron chi connectivity index (χ0n) is 13.0. The van der Waals surface area contributed by atoms with Gasteiger partial charge in [-0.25, -0.2) is 9.78 Å². The molecule has 0 saturated carbocycles. The molecule has 7 nitrogen and oxygen atoms in total. The number of pyridine rings is 1. The number of hydrogen-bond donors (Lipinski definition) is 1. The van der Waals surface area contributed by atoms with Crippen LogP contribution >= 0.6 is 0 Å². The molecule has 120 valence electrons. The van der Waals surface area contributed by atoms with Gasteiger partial charge >= 0.3 is 5.97 Å². The average molecular weight is 313 g/mol. The summed E-state index contributed by atoms with van der Waals surface area (Å²) in [6.07, 6.45) is 0.953. The Bertz CT molecular complexity index is 689. The van der Waals surface area contributed by atoms with Gasteiger partial charge in [-0.2, -0.15) is 5.10 Å². The van der Waals surface area contributed by atoms with Gasteiger partial charge in [-0.15, -0.1) is 5.10 Å². The molecule has 1 saturated heterocycles. The first-order valence-electron chi connectivity index (χ1n) is 7.64. The highest BCUT2D eigenvalue weighted by molar-refractivity contribution is 5.85. The van der Waals surface area contributed by atoms with Crippen molar-refractivity contribution in [3.8, 4) is 0 Å². The summed E-state index contributed by atoms with van der Waals surface area (Å²) in [7, 11) is 0. The van der Waals surface area contributed by atoms with E-state index in [0.29, 0.717) is 5.82 Å². The van der Waals surface area contributed by atoms with Gasteiger partial charge in [0.25, 0.3) is 0 Å². The van der Waals surface area contributed by atoms with Crippen molar-refractivity contribution in [2.24, 2.45) is 0 Å². The lowest BCUT2D eigenvalue weighted by molar-refractivity contribution is 0.0690. The van der Waals surface area contributed by atoms with Gasteiger partial charge in [0.15, 0.2) is 11.5 Å². The van der Waals surface area contributed by atoms with E-state index in [1.807, 2.05) is 25.1 Å². The molecule has 0 unspecified atom stereocenters. The zero-order chi connectivity index (χ0) is 16.2. The van der Waals surface area contributed by atoms with Crippen LogP contribution in [0.3, 0.4) is 0 Å². The molecular weight excluding hydrogens is 294 g/mol. The minimum Gasteiger partial charge on any atom is -0.477 e. The maximum atomic E-state index is 11.1. The number of carbonyl (C=O) groups is 1. The Morgan fingerprint density at radius 2 is 1.74 bits per heavy atom. The van der Waals surface area contributed by atoms with Crippen molar-refractivity contribution in [2.45, 2.75) is 13.3 Å². The summed E-state index contributed by atoms with van der Waals surface area (Å²) in [5.41, 5.74) is 0.980. The molecule has 1 aliphatic rings. The van der Waals surface area contributed by atoms with E-state index in [9.17, 15) is 4.79 Å². The van der Waals surface area contributed by atoms with Crippen molar-refractivity contribution in [3.63, 3.8) is 0 Å². The smallest absolute Gasteiger partial charge is 0.354 e. The molecule has 0 radical (unpaired) electrons. The fraction of sp³-hybridized carbons (Fsp3) is 0.375. The highest BCUT2D eigenvalue weighted by Gasteiger charge is 2.18. The van der Waals surface area contributed by atoms with E-state index >= 15 is 0 Å². The topological polar surface area (TPSA) is 82.5 Å². The number of aryl methyl sites for hydroxylation is 1. The van der Waals surface area contributed by atoms with Crippen molar-refractivity contribution in [1.82, 2.24) is 15.2 Å². The van der Waals surface area contributed by atoms with Crippen LogP contribution in [0.5, 0.6) is 0 Å². The molecule has 0 atom stereocenters. The Balaban J connectivity index is 1.72. The van der Waals surface area contributed by atoms with Crippen LogP contribution in [0.15, 0.2) is 30.3 Å². The quantitative estimate of drug-likeness (QED) is 0.921. The minimum atomic E-state index is -1.00. The monoisotopic (exact) mass is 313 g/mol. The van der Waals surface area contributed by atoms with Crippen molar-refractivity contribution < 1.29 is 9.90 Å². The number of nitrogens with zero attached hydrogens (tertiary/aromatic N) is 5. The van der Waals surface area contributed by atoms with E-state index in [0.717, 1.165) is 44.1 Å². The Morgan fingerprint density at radius 3 is 2.39 bits per heavy atom. The third-order valence-corrected chi connectivity index (χ3v) is 3.88. The Morgan fingerprint density at radius 1 is 1.00 bits per heavy atom. The lowest BCUT2D eigenvalue weighted by Gasteiger charge is -2.23. The second-order valence-corrected chi connectivity index (χ2v) is 5.55. The molecule has 23 heavy (non-hydrogen) atoms. The van der Waals surface area contributed by atoms with Gasteiger partial charge in [0, 0.05) is 26.2 Å². The van der Waals surface area contributed by atoms with Gasteiger partial charge in [-0.05, 0) is 37.6 Å². The van der Waals surface area contributed by atoms with Crippen LogP contribution in [0.2, 0.25) is 0 Å². The fourth-order valence-electron chi connectivity index (χ4n) is 2.65. The SMILES string of the molecule is Cc1ccc(N2CCCN(c3cccc(C(=O)O)n3)CC2)nn1. The fourth-order valence-corrected chi connectivity index (χ4v) is 2.65. The van der Waals surface area contributed by atoms with E-state index in [4.69, 9.17) is 5.11 Å². The first kappa shape index (κ1) is 15.2. The largest absolute Gasteiger partial charge is 0.477 e. The number of aromatic carboxylic acids is 1. The third kappa shape index (κ3) is 3.56. The van der Waals surface area contributed by atoms with Gasteiger partial charge in [0.2, 0.25) is 0 Å². The normalized spacial score (nSPS) is 15.3. The van der Waals surface area contributed by atoms with Crippen LogP contribution in [0.1, 0.15) is 22.6 Å². The number of carboxylic acid groups (broad SMARTS) is 1. The van der Waals surface area contributed by atoms with Crippen molar-refractivity contribution in [1.29, 1.82) is 0 Å².